The Kier molecular flexibility index (Phi) is 23.7. The van der Waals surface area contributed by atoms with Gasteiger partial charge in [-0.05, 0) is 122 Å². The van der Waals surface area contributed by atoms with Gasteiger partial charge >= 0.3 is 5.51 Å². The van der Waals surface area contributed by atoms with E-state index in [1.165, 1.54) is 54.5 Å². The van der Waals surface area contributed by atoms with E-state index < -0.39 is 26.1 Å². The highest BCUT2D eigenvalue weighted by Crippen LogP contribution is 2.37. The summed E-state index contributed by atoms with van der Waals surface area (Å²) in [6.45, 7) is 19.2. The van der Waals surface area contributed by atoms with Crippen LogP contribution in [0, 0.1) is 0 Å². The van der Waals surface area contributed by atoms with Crippen LogP contribution in [-0.2, 0) is 16.4 Å². The zero-order valence-corrected chi connectivity index (χ0v) is 41.1. The van der Waals surface area contributed by atoms with E-state index in [1.807, 2.05) is 100 Å². The molecule has 0 atom stereocenters. The van der Waals surface area contributed by atoms with E-state index in [4.69, 9.17) is 11.6 Å². The van der Waals surface area contributed by atoms with Crippen molar-refractivity contribution in [1.82, 2.24) is 14.5 Å². The number of halogens is 4. The van der Waals surface area contributed by atoms with Crippen molar-refractivity contribution in [1.29, 1.82) is 0 Å². The van der Waals surface area contributed by atoms with Crippen LogP contribution in [0.2, 0.25) is 5.02 Å². The average Bonchev–Trinajstić information content (AvgIpc) is 3.32. The predicted molar refractivity (Wildman–Crippen MR) is 266 cm³/mol. The number of nitrogens with zero attached hydrogens (tertiary/aromatic N) is 3. The number of amides is 1. The van der Waals surface area contributed by atoms with Crippen molar-refractivity contribution in [3.05, 3.63) is 137 Å². The zero-order chi connectivity index (χ0) is 47.1. The van der Waals surface area contributed by atoms with Crippen LogP contribution in [0.25, 0.3) is 11.1 Å². The van der Waals surface area contributed by atoms with Gasteiger partial charge in [0.2, 0.25) is 0 Å². The Morgan fingerprint density at radius 3 is 2.02 bits per heavy atom. The molecule has 1 fully saturated rings. The Balaban J connectivity index is 0.000000893. The van der Waals surface area contributed by atoms with E-state index in [0.29, 0.717) is 16.3 Å². The number of benzene rings is 5. The van der Waals surface area contributed by atoms with E-state index in [-0.39, 0.29) is 17.1 Å². The van der Waals surface area contributed by atoms with E-state index in [2.05, 4.69) is 63.8 Å². The van der Waals surface area contributed by atoms with Gasteiger partial charge in [0.15, 0.2) is 0 Å². The molecule has 1 heterocycles. The number of thioether (sulfide) groups is 1. The van der Waals surface area contributed by atoms with Crippen LogP contribution in [0.1, 0.15) is 63.9 Å². The summed E-state index contributed by atoms with van der Waals surface area (Å²) in [7, 11) is -3.52. The number of hydrogen-bond acceptors (Lipinski definition) is 9. The largest absolute Gasteiger partial charge is 0.501 e. The number of rotatable bonds is 16. The van der Waals surface area contributed by atoms with Crippen molar-refractivity contribution < 1.29 is 26.4 Å². The quantitative estimate of drug-likeness (QED) is 0.0571. The van der Waals surface area contributed by atoms with Gasteiger partial charge in [-0.1, -0.05) is 108 Å². The molecule has 1 aliphatic rings. The molecule has 0 saturated carbocycles. The Hall–Kier alpha value is -4.18. The van der Waals surface area contributed by atoms with Gasteiger partial charge in [-0.15, -0.1) is 11.8 Å². The van der Waals surface area contributed by atoms with Gasteiger partial charge in [0.1, 0.15) is 4.90 Å². The first kappa shape index (κ1) is 54.2. The van der Waals surface area contributed by atoms with Gasteiger partial charge in [-0.3, -0.25) is 14.4 Å². The molecular weight excluding hydrogens is 895 g/mol. The highest BCUT2D eigenvalue weighted by Gasteiger charge is 2.48. The second kappa shape index (κ2) is 28.0. The van der Waals surface area contributed by atoms with Crippen LogP contribution in [0.4, 0.5) is 24.5 Å². The SMILES string of the molecule is CC.CC.CCCN(C)CC.O=C(NSc1ccc(NCCSc2ccccc2)c(S(=O)(=O)C(F)(F)F)c1)c1ccc(N2CCN(Cc3ccccc3-c3ccc(Cl)cc3)CC2)cc1. The summed E-state index contributed by atoms with van der Waals surface area (Å²) in [4.78, 5) is 20.2. The summed E-state index contributed by atoms with van der Waals surface area (Å²) >= 11 is 8.33. The molecular formula is C49H63ClF3N5O3S3. The number of carbonyl (C=O) groups is 1. The normalized spacial score (nSPS) is 12.8. The predicted octanol–water partition coefficient (Wildman–Crippen LogP) is 12.7. The third-order valence-corrected chi connectivity index (χ3v) is 13.4. The lowest BCUT2D eigenvalue weighted by atomic mass is 9.99. The van der Waals surface area contributed by atoms with Gasteiger partial charge in [-0.2, -0.15) is 13.2 Å². The Morgan fingerprint density at radius 1 is 0.797 bits per heavy atom. The van der Waals surface area contributed by atoms with Crippen molar-refractivity contribution in [2.75, 3.05) is 68.8 Å². The Bertz CT molecular complexity index is 2230. The first-order chi connectivity index (χ1) is 30.8. The first-order valence-electron chi connectivity index (χ1n) is 21.7. The number of alkyl halides is 3. The van der Waals surface area contributed by atoms with Crippen LogP contribution in [-0.4, -0.2) is 88.2 Å². The van der Waals surface area contributed by atoms with E-state index >= 15 is 0 Å². The van der Waals surface area contributed by atoms with Crippen LogP contribution in [0.5, 0.6) is 0 Å². The number of piperazine rings is 1. The number of hydrogen-bond donors (Lipinski definition) is 2. The molecule has 1 amide bonds. The lowest BCUT2D eigenvalue weighted by molar-refractivity contribution is -0.0435. The fourth-order valence-corrected chi connectivity index (χ4v) is 9.02. The van der Waals surface area contributed by atoms with Crippen molar-refractivity contribution in [3.8, 4) is 11.1 Å². The molecule has 1 aliphatic heterocycles. The summed E-state index contributed by atoms with van der Waals surface area (Å²) in [5, 5.41) is 3.53. The van der Waals surface area contributed by atoms with Gasteiger partial charge in [-0.25, -0.2) is 8.42 Å². The molecule has 6 rings (SSSR count). The van der Waals surface area contributed by atoms with Crippen molar-refractivity contribution >= 4 is 62.4 Å². The summed E-state index contributed by atoms with van der Waals surface area (Å²) in [6, 6.07) is 36.5. The van der Waals surface area contributed by atoms with Crippen LogP contribution in [0.3, 0.4) is 0 Å². The molecule has 0 aliphatic carbocycles. The fraction of sp³-hybridized carbons (Fsp3) is 0.367. The Morgan fingerprint density at radius 2 is 1.42 bits per heavy atom. The van der Waals surface area contributed by atoms with Crippen molar-refractivity contribution in [2.24, 2.45) is 0 Å². The molecule has 0 unspecified atom stereocenters. The third-order valence-electron chi connectivity index (χ3n) is 9.82. The van der Waals surface area contributed by atoms with Gasteiger partial charge in [0, 0.05) is 71.1 Å². The summed E-state index contributed by atoms with van der Waals surface area (Å²) < 4.78 is 68.5. The number of anilines is 2. The van der Waals surface area contributed by atoms with Gasteiger partial charge < -0.3 is 15.1 Å². The number of sulfone groups is 1. The average molecular weight is 959 g/mol. The molecule has 2 N–H and O–H groups in total. The second-order valence-electron chi connectivity index (χ2n) is 14.1. The van der Waals surface area contributed by atoms with E-state index in [0.717, 1.165) is 66.9 Å². The smallest absolute Gasteiger partial charge is 0.383 e. The van der Waals surface area contributed by atoms with Crippen LogP contribution in [0.15, 0.2) is 136 Å². The van der Waals surface area contributed by atoms with Crippen molar-refractivity contribution in [2.45, 2.75) is 74.7 Å². The lowest BCUT2D eigenvalue weighted by Gasteiger charge is -2.36. The Labute approximate surface area is 393 Å². The molecule has 0 bridgehead atoms. The topological polar surface area (TPSA) is 85.0 Å². The molecule has 5 aromatic carbocycles. The van der Waals surface area contributed by atoms with E-state index in [9.17, 15) is 26.4 Å². The maximum absolute atomic E-state index is 13.6. The minimum atomic E-state index is -5.67. The standard InChI is InChI=1S/C39H36ClF3N4O3S3.C6H15N.2C2H6/c40-31-14-10-28(11-15-31)35-9-5-4-6-30(35)27-46-21-23-47(24-22-46)32-16-12-29(13-17-32)38(48)45-52-34-18-19-36(37(26-34)53(49,50)39(41,42)43)44-20-25-51-33-7-2-1-3-8-33;1-4-6-7(3)5-2;2*1-2/h1-19,26,44H,20-25,27H2,(H,45,48);4-6H2,1-3H3;2*1-2H3. The summed E-state index contributed by atoms with van der Waals surface area (Å²) in [5.74, 6) is 0.0314. The molecule has 8 nitrogen and oxygen atoms in total. The molecule has 5 aromatic rings. The molecule has 1 saturated heterocycles. The number of nitrogens with one attached hydrogen (secondary N) is 2. The maximum atomic E-state index is 13.6. The zero-order valence-electron chi connectivity index (χ0n) is 37.9. The highest BCUT2D eigenvalue weighted by molar-refractivity contribution is 7.99. The monoisotopic (exact) mass is 957 g/mol. The minimum Gasteiger partial charge on any atom is -0.383 e. The van der Waals surface area contributed by atoms with Gasteiger partial charge in [0.05, 0.1) is 5.69 Å². The summed E-state index contributed by atoms with van der Waals surface area (Å²) in [5.41, 5.74) is -0.767. The van der Waals surface area contributed by atoms with Crippen molar-refractivity contribution in [3.63, 3.8) is 0 Å². The van der Waals surface area contributed by atoms with Gasteiger partial charge in [0.25, 0.3) is 15.7 Å². The molecule has 0 radical (unpaired) electrons. The third kappa shape index (κ3) is 16.7. The molecule has 348 valence electrons. The molecule has 64 heavy (non-hydrogen) atoms. The minimum absolute atomic E-state index is 0.135. The second-order valence-corrected chi connectivity index (χ2v) is 18.5. The van der Waals surface area contributed by atoms with E-state index in [1.54, 1.807) is 12.1 Å². The summed E-state index contributed by atoms with van der Waals surface area (Å²) in [6.07, 6.45) is 1.27. The number of carbonyl (C=O) groups excluding carboxylic acids is 1. The first-order valence-corrected chi connectivity index (χ1v) is 25.4. The fourth-order valence-electron chi connectivity index (χ4n) is 6.43. The highest BCUT2D eigenvalue weighted by atomic mass is 35.5. The molecule has 15 heteroatoms. The molecule has 0 spiro atoms. The maximum Gasteiger partial charge on any atom is 0.501 e. The van der Waals surface area contributed by atoms with Crippen LogP contribution < -0.4 is 14.9 Å². The lowest BCUT2D eigenvalue weighted by Crippen LogP contribution is -2.46. The molecule has 0 aromatic heterocycles. The van der Waals surface area contributed by atoms with Crippen LogP contribution >= 0.6 is 35.3 Å².